The van der Waals surface area contributed by atoms with Crippen LogP contribution in [-0.4, -0.2) is 88.2 Å². The minimum atomic E-state index is -1.55. The molecule has 0 aliphatic rings. The topological polar surface area (TPSA) is 208 Å². The van der Waals surface area contributed by atoms with Gasteiger partial charge in [0.1, 0.15) is 23.9 Å². The molecular weight excluding hydrogens is 851 g/mol. The summed E-state index contributed by atoms with van der Waals surface area (Å²) in [5.41, 5.74) is 0.687. The van der Waals surface area contributed by atoms with E-state index in [1.165, 1.54) is 25.0 Å². The normalized spacial score (nSPS) is 12.9. The Balaban J connectivity index is 0.000000961. The average molecular weight is 916 g/mol. The molecule has 4 rings (SSSR count). The predicted molar refractivity (Wildman–Crippen MR) is 251 cm³/mol. The second-order valence-corrected chi connectivity index (χ2v) is 18.0. The van der Waals surface area contributed by atoms with E-state index in [0.717, 1.165) is 10.9 Å². The van der Waals surface area contributed by atoms with Gasteiger partial charge in [0.25, 0.3) is 6.47 Å². The molecule has 3 unspecified atom stereocenters. The van der Waals surface area contributed by atoms with Crippen LogP contribution in [0.4, 0.5) is 0 Å². The number of nitrogens with zero attached hydrogens (tertiary/aromatic N) is 1. The summed E-state index contributed by atoms with van der Waals surface area (Å²) < 4.78 is 28.1. The van der Waals surface area contributed by atoms with Crippen molar-refractivity contribution < 1.29 is 47.2 Å². The van der Waals surface area contributed by atoms with Gasteiger partial charge in [0.05, 0.1) is 47.8 Å². The number of fused-ring (bicyclic) bond motifs is 1. The molecule has 0 saturated carbocycles. The number of carbonyl (C=O) groups excluding carboxylic acids is 6. The third-order valence-corrected chi connectivity index (χ3v) is 9.45. The molecule has 3 aromatic carbocycles. The number of nitrogens with one attached hydrogen (secondary N) is 4. The molecule has 1 heterocycles. The lowest BCUT2D eigenvalue weighted by molar-refractivity contribution is -0.157. The molecule has 3 amide bonds. The number of ether oxygens (including phenoxy) is 3. The second-order valence-electron chi connectivity index (χ2n) is 16.6. The Labute approximate surface area is 385 Å². The fraction of sp³-hybridized carbons (Fsp3) is 0.408. The van der Waals surface area contributed by atoms with Crippen LogP contribution < -0.4 is 21.3 Å². The van der Waals surface area contributed by atoms with Crippen molar-refractivity contribution in [2.75, 3.05) is 13.6 Å². The lowest BCUT2D eigenvalue weighted by Crippen LogP contribution is -2.55. The Hall–Kier alpha value is -6.26. The first kappa shape index (κ1) is 54.9. The SMILES string of the molecule is CCC.CN[C@@H](CC(=O)OC(C)(C)C)C(=O)NC(Cc1ccc2ccccc2n1)C(=O)NCC(=O)NC(/C=C/S(=O)c1ccccc1)CC(=O)OC(C)(C)C.O=COCc1ccccc1. The molecule has 0 radical (unpaired) electrons. The van der Waals surface area contributed by atoms with E-state index in [2.05, 4.69) is 44.8 Å². The summed E-state index contributed by atoms with van der Waals surface area (Å²) in [6.07, 6.45) is 2.13. The number of pyridine rings is 1. The number of rotatable bonds is 19. The van der Waals surface area contributed by atoms with Crippen molar-refractivity contribution in [3.63, 3.8) is 0 Å². The summed E-state index contributed by atoms with van der Waals surface area (Å²) in [4.78, 5) is 80.2. The van der Waals surface area contributed by atoms with Gasteiger partial charge < -0.3 is 35.5 Å². The van der Waals surface area contributed by atoms with E-state index < -0.39 is 76.3 Å². The highest BCUT2D eigenvalue weighted by atomic mass is 32.2. The molecule has 4 N–H and O–H groups in total. The molecule has 4 atom stereocenters. The Kier molecular flexibility index (Phi) is 24.1. The van der Waals surface area contributed by atoms with Crippen LogP contribution in [0.1, 0.15) is 85.9 Å². The molecule has 16 heteroatoms. The van der Waals surface area contributed by atoms with Gasteiger partial charge in [-0.25, -0.2) is 4.21 Å². The highest BCUT2D eigenvalue weighted by Crippen LogP contribution is 2.15. The number of hydrogen-bond donors (Lipinski definition) is 4. The number of benzene rings is 3. The zero-order valence-electron chi connectivity index (χ0n) is 38.9. The van der Waals surface area contributed by atoms with Crippen molar-refractivity contribution in [3.8, 4) is 0 Å². The molecule has 0 aliphatic carbocycles. The van der Waals surface area contributed by atoms with Crippen molar-refractivity contribution in [3.05, 3.63) is 120 Å². The largest absolute Gasteiger partial charge is 0.463 e. The number of carbonyl (C=O) groups is 6. The summed E-state index contributed by atoms with van der Waals surface area (Å²) in [6, 6.07) is 26.1. The maximum Gasteiger partial charge on any atom is 0.308 e. The van der Waals surface area contributed by atoms with Gasteiger partial charge in [-0.2, -0.15) is 0 Å². The minimum absolute atomic E-state index is 0.0256. The molecular formula is C49H65N5O10S. The van der Waals surface area contributed by atoms with Crippen molar-refractivity contribution in [1.29, 1.82) is 0 Å². The summed E-state index contributed by atoms with van der Waals surface area (Å²) in [7, 11) is -0.0420. The van der Waals surface area contributed by atoms with Crippen LogP contribution in [0.3, 0.4) is 0 Å². The molecule has 352 valence electrons. The van der Waals surface area contributed by atoms with Crippen LogP contribution in [0.15, 0.2) is 113 Å². The van der Waals surface area contributed by atoms with E-state index in [-0.39, 0.29) is 19.3 Å². The Morgan fingerprint density at radius 3 is 1.88 bits per heavy atom. The van der Waals surface area contributed by atoms with Gasteiger partial charge in [0, 0.05) is 27.8 Å². The van der Waals surface area contributed by atoms with Crippen LogP contribution in [0.25, 0.3) is 10.9 Å². The van der Waals surface area contributed by atoms with Crippen molar-refractivity contribution >= 4 is 57.8 Å². The van der Waals surface area contributed by atoms with Gasteiger partial charge in [0.2, 0.25) is 17.7 Å². The minimum Gasteiger partial charge on any atom is -0.463 e. The Bertz CT molecular complexity index is 2170. The number of amides is 3. The number of likely N-dealkylation sites (N-methyl/N-ethyl adjacent to an activating group) is 1. The first-order chi connectivity index (χ1) is 30.8. The molecule has 0 saturated heterocycles. The van der Waals surface area contributed by atoms with Crippen LogP contribution in [-0.2, 0) is 66.8 Å². The third kappa shape index (κ3) is 23.3. The smallest absolute Gasteiger partial charge is 0.308 e. The van der Waals surface area contributed by atoms with E-state index in [9.17, 15) is 33.0 Å². The molecule has 65 heavy (non-hydrogen) atoms. The van der Waals surface area contributed by atoms with Gasteiger partial charge >= 0.3 is 11.9 Å². The van der Waals surface area contributed by atoms with E-state index in [1.807, 2.05) is 60.7 Å². The number of esters is 2. The van der Waals surface area contributed by atoms with Gasteiger partial charge in [-0.3, -0.25) is 33.8 Å². The first-order valence-electron chi connectivity index (χ1n) is 21.3. The average Bonchev–Trinajstić information content (AvgIpc) is 3.25. The van der Waals surface area contributed by atoms with Gasteiger partial charge in [-0.05, 0) is 78.4 Å². The van der Waals surface area contributed by atoms with Crippen LogP contribution in [0.5, 0.6) is 0 Å². The summed E-state index contributed by atoms with van der Waals surface area (Å²) in [5, 5.41) is 13.0. The van der Waals surface area contributed by atoms with E-state index in [1.54, 1.807) is 77.9 Å². The van der Waals surface area contributed by atoms with E-state index >= 15 is 0 Å². The predicted octanol–water partition coefficient (Wildman–Crippen LogP) is 6.01. The number of hydrogen-bond acceptors (Lipinski definition) is 12. The lowest BCUT2D eigenvalue weighted by Gasteiger charge is -2.24. The molecule has 0 aliphatic heterocycles. The summed E-state index contributed by atoms with van der Waals surface area (Å²) >= 11 is 0. The third-order valence-electron chi connectivity index (χ3n) is 8.31. The van der Waals surface area contributed by atoms with Gasteiger partial charge in [-0.1, -0.05) is 99.1 Å². The first-order valence-corrected chi connectivity index (χ1v) is 22.5. The van der Waals surface area contributed by atoms with E-state index in [0.29, 0.717) is 29.2 Å². The molecule has 15 nitrogen and oxygen atoms in total. The van der Waals surface area contributed by atoms with E-state index in [4.69, 9.17) is 9.47 Å². The standard InChI is InChI=1S/C38H49N5O8S.C8H8O2.C3H8/c1-37(2,3)50-33(45)22-27(19-20-52(49)28-14-9-8-10-15-28)42-32(44)24-40-35(47)31(21-26-18-17-25-13-11-12-16-29(25)41-26)43-36(48)30(39-7)23-34(46)51-38(4,5)6;9-7-10-6-8-4-2-1-3-5-8;1-3-2/h8-20,27,30-31,39H,21-24H2,1-7H3,(H,40,47)(H,42,44)(H,43,48);1-5,7H,6H2;3H2,1-2H3/b20-19+;;/t27?,30-,31?,52?;;/m0../s1. The van der Waals surface area contributed by atoms with Gasteiger partial charge in [-0.15, -0.1) is 0 Å². The molecule has 0 bridgehead atoms. The molecule has 1 aromatic heterocycles. The Morgan fingerprint density at radius 1 is 0.723 bits per heavy atom. The lowest BCUT2D eigenvalue weighted by atomic mass is 10.1. The number of aromatic nitrogens is 1. The quantitative estimate of drug-likeness (QED) is 0.0485. The van der Waals surface area contributed by atoms with Gasteiger partial charge in [0.15, 0.2) is 0 Å². The second kappa shape index (κ2) is 28.5. The summed E-state index contributed by atoms with van der Waals surface area (Å²) in [5.74, 6) is -3.15. The highest BCUT2D eigenvalue weighted by molar-refractivity contribution is 7.88. The van der Waals surface area contributed by atoms with Crippen LogP contribution in [0.2, 0.25) is 0 Å². The maximum absolute atomic E-state index is 13.6. The Morgan fingerprint density at radius 2 is 1.29 bits per heavy atom. The fourth-order valence-electron chi connectivity index (χ4n) is 5.57. The summed E-state index contributed by atoms with van der Waals surface area (Å²) in [6.45, 7) is 14.9. The molecule has 4 aromatic rings. The maximum atomic E-state index is 13.6. The zero-order valence-corrected chi connectivity index (χ0v) is 39.7. The van der Waals surface area contributed by atoms with Crippen molar-refractivity contribution in [2.24, 2.45) is 0 Å². The van der Waals surface area contributed by atoms with Crippen molar-refractivity contribution in [2.45, 2.75) is 122 Å². The molecule has 0 spiro atoms. The fourth-order valence-corrected chi connectivity index (χ4v) is 6.49. The number of para-hydroxylation sites is 1. The van der Waals surface area contributed by atoms with Crippen LogP contribution in [0, 0.1) is 0 Å². The zero-order chi connectivity index (χ0) is 48.4. The van der Waals surface area contributed by atoms with Crippen molar-refractivity contribution in [1.82, 2.24) is 26.3 Å². The monoisotopic (exact) mass is 915 g/mol. The highest BCUT2D eigenvalue weighted by Gasteiger charge is 2.29. The van der Waals surface area contributed by atoms with Crippen LogP contribution >= 0.6 is 0 Å². The molecule has 0 fully saturated rings.